The highest BCUT2D eigenvalue weighted by molar-refractivity contribution is 4.47. The molecule has 0 atom stereocenters. The van der Waals surface area contributed by atoms with Crippen molar-refractivity contribution in [2.45, 2.75) is 52.4 Å². The number of ether oxygens (including phenoxy) is 2. The lowest BCUT2D eigenvalue weighted by Crippen LogP contribution is -2.22. The summed E-state index contributed by atoms with van der Waals surface area (Å²) in [6.45, 7) is 9.70. The largest absolute Gasteiger partial charge is 0.382 e. The molecule has 0 aliphatic rings. The van der Waals surface area contributed by atoms with E-state index in [1.165, 1.54) is 32.1 Å². The lowest BCUT2D eigenvalue weighted by molar-refractivity contribution is 0.127. The molecule has 0 amide bonds. The summed E-state index contributed by atoms with van der Waals surface area (Å²) < 4.78 is 10.8. The fraction of sp³-hybridized carbons (Fsp3) is 1.00. The molecule has 0 aromatic heterocycles. The smallest absolute Gasteiger partial charge is 0.0590 e. The molecule has 0 spiro atoms. The van der Waals surface area contributed by atoms with E-state index in [-0.39, 0.29) is 0 Å². The van der Waals surface area contributed by atoms with Gasteiger partial charge in [-0.1, -0.05) is 32.6 Å². The van der Waals surface area contributed by atoms with E-state index < -0.39 is 0 Å². The Morgan fingerprint density at radius 3 is 2.24 bits per heavy atom. The summed E-state index contributed by atoms with van der Waals surface area (Å²) in [6, 6.07) is 0. The summed E-state index contributed by atoms with van der Waals surface area (Å²) >= 11 is 0. The highest BCUT2D eigenvalue weighted by Crippen LogP contribution is 2.01. The van der Waals surface area contributed by atoms with Crippen molar-refractivity contribution in [1.82, 2.24) is 5.32 Å². The maximum Gasteiger partial charge on any atom is 0.0590 e. The fourth-order valence-corrected chi connectivity index (χ4v) is 1.62. The minimum atomic E-state index is 0.821. The van der Waals surface area contributed by atoms with Crippen LogP contribution >= 0.6 is 0 Å². The SMILES string of the molecule is CCCCCCCOCCNCCCOCC. The van der Waals surface area contributed by atoms with E-state index >= 15 is 0 Å². The van der Waals surface area contributed by atoms with Crippen LogP contribution in [-0.4, -0.2) is 39.5 Å². The van der Waals surface area contributed by atoms with Crippen molar-refractivity contribution in [1.29, 1.82) is 0 Å². The molecule has 0 saturated heterocycles. The van der Waals surface area contributed by atoms with Gasteiger partial charge in [-0.2, -0.15) is 0 Å². The van der Waals surface area contributed by atoms with Crippen molar-refractivity contribution >= 4 is 0 Å². The molecule has 0 aromatic carbocycles. The summed E-state index contributed by atoms with van der Waals surface area (Å²) in [7, 11) is 0. The second kappa shape index (κ2) is 15.9. The molecule has 0 radical (unpaired) electrons. The topological polar surface area (TPSA) is 30.5 Å². The molecule has 0 heterocycles. The molecule has 104 valence electrons. The van der Waals surface area contributed by atoms with Crippen molar-refractivity contribution in [3.63, 3.8) is 0 Å². The van der Waals surface area contributed by atoms with Gasteiger partial charge in [0, 0.05) is 26.4 Å². The zero-order chi connectivity index (χ0) is 12.6. The van der Waals surface area contributed by atoms with Crippen molar-refractivity contribution in [3.05, 3.63) is 0 Å². The van der Waals surface area contributed by atoms with Gasteiger partial charge in [-0.15, -0.1) is 0 Å². The van der Waals surface area contributed by atoms with Gasteiger partial charge in [-0.3, -0.25) is 0 Å². The van der Waals surface area contributed by atoms with E-state index in [0.29, 0.717) is 0 Å². The summed E-state index contributed by atoms with van der Waals surface area (Å²) in [5.74, 6) is 0. The van der Waals surface area contributed by atoms with Gasteiger partial charge in [-0.05, 0) is 26.3 Å². The Labute approximate surface area is 107 Å². The third kappa shape index (κ3) is 15.9. The minimum Gasteiger partial charge on any atom is -0.382 e. The first-order valence-electron chi connectivity index (χ1n) is 7.28. The van der Waals surface area contributed by atoms with E-state index in [1.807, 2.05) is 6.92 Å². The quantitative estimate of drug-likeness (QED) is 0.477. The predicted molar refractivity (Wildman–Crippen MR) is 73.6 cm³/mol. The number of unbranched alkanes of at least 4 members (excludes halogenated alkanes) is 4. The monoisotopic (exact) mass is 245 g/mol. The molecule has 0 saturated carbocycles. The van der Waals surface area contributed by atoms with Crippen LogP contribution in [0.4, 0.5) is 0 Å². The fourth-order valence-electron chi connectivity index (χ4n) is 1.62. The molecule has 3 heteroatoms. The zero-order valence-electron chi connectivity index (χ0n) is 11.8. The first kappa shape index (κ1) is 16.9. The second-order valence-electron chi connectivity index (χ2n) is 4.33. The van der Waals surface area contributed by atoms with Crippen molar-refractivity contribution in [2.24, 2.45) is 0 Å². The van der Waals surface area contributed by atoms with Crippen LogP contribution in [-0.2, 0) is 9.47 Å². The summed E-state index contributed by atoms with van der Waals surface area (Å²) in [4.78, 5) is 0. The number of rotatable bonds is 14. The average molecular weight is 245 g/mol. The van der Waals surface area contributed by atoms with Crippen LogP contribution in [0.2, 0.25) is 0 Å². The van der Waals surface area contributed by atoms with Crippen LogP contribution in [0, 0.1) is 0 Å². The molecule has 0 aliphatic carbocycles. The Kier molecular flexibility index (Phi) is 15.8. The lowest BCUT2D eigenvalue weighted by Gasteiger charge is -2.06. The van der Waals surface area contributed by atoms with Gasteiger partial charge in [0.15, 0.2) is 0 Å². The Morgan fingerprint density at radius 2 is 1.47 bits per heavy atom. The van der Waals surface area contributed by atoms with Gasteiger partial charge in [0.25, 0.3) is 0 Å². The van der Waals surface area contributed by atoms with E-state index in [9.17, 15) is 0 Å². The van der Waals surface area contributed by atoms with E-state index in [1.54, 1.807) is 0 Å². The normalized spacial score (nSPS) is 10.9. The number of nitrogens with one attached hydrogen (secondary N) is 1. The standard InChI is InChI=1S/C14H31NO2/c1-3-5-6-7-8-12-17-14-11-15-10-9-13-16-4-2/h15H,3-14H2,1-2H3. The van der Waals surface area contributed by atoms with Gasteiger partial charge in [-0.25, -0.2) is 0 Å². The Balaban J connectivity index is 2.85. The van der Waals surface area contributed by atoms with Gasteiger partial charge in [0.05, 0.1) is 6.61 Å². The van der Waals surface area contributed by atoms with Crippen LogP contribution in [0.5, 0.6) is 0 Å². The van der Waals surface area contributed by atoms with E-state index in [4.69, 9.17) is 9.47 Å². The van der Waals surface area contributed by atoms with Crippen LogP contribution in [0.3, 0.4) is 0 Å². The summed E-state index contributed by atoms with van der Waals surface area (Å²) in [5.41, 5.74) is 0. The molecule has 0 fully saturated rings. The molecule has 0 bridgehead atoms. The van der Waals surface area contributed by atoms with Gasteiger partial charge in [0.2, 0.25) is 0 Å². The summed E-state index contributed by atoms with van der Waals surface area (Å²) in [5, 5.41) is 3.35. The number of hydrogen-bond donors (Lipinski definition) is 1. The highest BCUT2D eigenvalue weighted by Gasteiger charge is 1.91. The van der Waals surface area contributed by atoms with E-state index in [0.717, 1.165) is 45.9 Å². The Hall–Kier alpha value is -0.120. The molecular formula is C14H31NO2. The highest BCUT2D eigenvalue weighted by atomic mass is 16.5. The number of hydrogen-bond acceptors (Lipinski definition) is 3. The molecule has 3 nitrogen and oxygen atoms in total. The average Bonchev–Trinajstić information content (AvgIpc) is 2.35. The Morgan fingerprint density at radius 1 is 0.706 bits per heavy atom. The molecule has 0 aromatic rings. The third-order valence-corrected chi connectivity index (χ3v) is 2.66. The predicted octanol–water partition coefficient (Wildman–Crippen LogP) is 2.99. The van der Waals surface area contributed by atoms with Crippen molar-refractivity contribution in [3.8, 4) is 0 Å². The maximum atomic E-state index is 5.55. The van der Waals surface area contributed by atoms with Crippen molar-refractivity contribution < 1.29 is 9.47 Å². The minimum absolute atomic E-state index is 0.821. The molecule has 17 heavy (non-hydrogen) atoms. The van der Waals surface area contributed by atoms with E-state index in [2.05, 4.69) is 12.2 Å². The van der Waals surface area contributed by atoms with Crippen LogP contribution in [0.1, 0.15) is 52.4 Å². The molecule has 0 aliphatic heterocycles. The third-order valence-electron chi connectivity index (χ3n) is 2.66. The summed E-state index contributed by atoms with van der Waals surface area (Å²) in [6.07, 6.45) is 7.65. The van der Waals surface area contributed by atoms with Gasteiger partial charge >= 0.3 is 0 Å². The van der Waals surface area contributed by atoms with Gasteiger partial charge in [0.1, 0.15) is 0 Å². The molecular weight excluding hydrogens is 214 g/mol. The van der Waals surface area contributed by atoms with Crippen LogP contribution in [0.25, 0.3) is 0 Å². The zero-order valence-corrected chi connectivity index (χ0v) is 11.8. The molecule has 0 unspecified atom stereocenters. The lowest BCUT2D eigenvalue weighted by atomic mass is 10.2. The Bertz CT molecular complexity index is 117. The van der Waals surface area contributed by atoms with Gasteiger partial charge < -0.3 is 14.8 Å². The maximum absolute atomic E-state index is 5.55. The molecule has 1 N–H and O–H groups in total. The van der Waals surface area contributed by atoms with Crippen molar-refractivity contribution in [2.75, 3.05) is 39.5 Å². The van der Waals surface area contributed by atoms with Crippen LogP contribution < -0.4 is 5.32 Å². The first-order valence-corrected chi connectivity index (χ1v) is 7.28. The second-order valence-corrected chi connectivity index (χ2v) is 4.33. The van der Waals surface area contributed by atoms with Crippen LogP contribution in [0.15, 0.2) is 0 Å². The molecule has 0 rings (SSSR count). The first-order chi connectivity index (χ1) is 8.41.